The average Bonchev–Trinajstić information content (AvgIpc) is 3.15. The number of amides is 1. The molecule has 0 atom stereocenters. The maximum Gasteiger partial charge on any atom is 0.230 e. The number of thioether (sulfide) groups is 1. The molecule has 1 heterocycles. The number of nitrogens with zero attached hydrogens (tertiary/aromatic N) is 1. The standard InChI is InChI=1S/C21H25ClN2OS/c22-20-9-2-1-8-19(20)15-26-16-21(25)23-13-17-6-5-7-18(12-17)14-24-10-3-4-11-24/h1-2,5-9,12H,3-4,10-11,13-16H2,(H,23,25). The van der Waals surface area contributed by atoms with Crippen molar-refractivity contribution < 1.29 is 4.79 Å². The van der Waals surface area contributed by atoms with E-state index in [-0.39, 0.29) is 5.91 Å². The summed E-state index contributed by atoms with van der Waals surface area (Å²) in [5, 5.41) is 3.77. The molecule has 138 valence electrons. The van der Waals surface area contributed by atoms with Crippen LogP contribution in [0.3, 0.4) is 0 Å². The van der Waals surface area contributed by atoms with E-state index in [2.05, 4.69) is 34.5 Å². The first kappa shape index (κ1) is 19.3. The van der Waals surface area contributed by atoms with Gasteiger partial charge in [-0.2, -0.15) is 0 Å². The highest BCUT2D eigenvalue weighted by Crippen LogP contribution is 2.20. The lowest BCUT2D eigenvalue weighted by molar-refractivity contribution is -0.118. The Kier molecular flexibility index (Phi) is 7.42. The maximum atomic E-state index is 12.1. The van der Waals surface area contributed by atoms with E-state index in [1.165, 1.54) is 31.5 Å². The smallest absolute Gasteiger partial charge is 0.230 e. The van der Waals surface area contributed by atoms with Crippen LogP contribution < -0.4 is 5.32 Å². The minimum Gasteiger partial charge on any atom is -0.351 e. The quantitative estimate of drug-likeness (QED) is 0.723. The molecule has 1 saturated heterocycles. The van der Waals surface area contributed by atoms with Crippen molar-refractivity contribution >= 4 is 29.3 Å². The molecule has 1 aliphatic rings. The van der Waals surface area contributed by atoms with E-state index in [0.29, 0.717) is 12.3 Å². The highest BCUT2D eigenvalue weighted by molar-refractivity contribution is 7.99. The van der Waals surface area contributed by atoms with Crippen LogP contribution >= 0.6 is 23.4 Å². The van der Waals surface area contributed by atoms with Gasteiger partial charge in [-0.25, -0.2) is 0 Å². The normalized spacial score (nSPS) is 14.5. The minimum atomic E-state index is 0.0620. The number of likely N-dealkylation sites (tertiary alicyclic amines) is 1. The van der Waals surface area contributed by atoms with E-state index >= 15 is 0 Å². The zero-order valence-electron chi connectivity index (χ0n) is 14.9. The van der Waals surface area contributed by atoms with E-state index in [1.807, 2.05) is 24.3 Å². The summed E-state index contributed by atoms with van der Waals surface area (Å²) in [6.07, 6.45) is 2.61. The number of carbonyl (C=O) groups is 1. The molecule has 2 aromatic carbocycles. The third-order valence-corrected chi connectivity index (χ3v) is 5.88. The third-order valence-electron chi connectivity index (χ3n) is 4.53. The first-order valence-corrected chi connectivity index (χ1v) is 10.6. The Morgan fingerprint density at radius 2 is 1.85 bits per heavy atom. The largest absolute Gasteiger partial charge is 0.351 e. The van der Waals surface area contributed by atoms with Gasteiger partial charge in [-0.3, -0.25) is 9.69 Å². The highest BCUT2D eigenvalue weighted by atomic mass is 35.5. The van der Waals surface area contributed by atoms with Crippen molar-refractivity contribution in [3.05, 3.63) is 70.2 Å². The molecule has 1 N–H and O–H groups in total. The van der Waals surface area contributed by atoms with Crippen LogP contribution in [0.2, 0.25) is 5.02 Å². The van der Waals surface area contributed by atoms with E-state index in [0.717, 1.165) is 28.4 Å². The van der Waals surface area contributed by atoms with Crippen molar-refractivity contribution in [3.8, 4) is 0 Å². The van der Waals surface area contributed by atoms with Gasteiger partial charge in [0.05, 0.1) is 5.75 Å². The van der Waals surface area contributed by atoms with Crippen LogP contribution in [0.15, 0.2) is 48.5 Å². The first-order valence-electron chi connectivity index (χ1n) is 9.09. The van der Waals surface area contributed by atoms with Gasteiger partial charge in [0.2, 0.25) is 5.91 Å². The molecule has 0 aromatic heterocycles. The topological polar surface area (TPSA) is 32.3 Å². The van der Waals surface area contributed by atoms with Crippen molar-refractivity contribution in [2.75, 3.05) is 18.8 Å². The van der Waals surface area contributed by atoms with Gasteiger partial charge in [-0.15, -0.1) is 11.8 Å². The number of hydrogen-bond donors (Lipinski definition) is 1. The lowest BCUT2D eigenvalue weighted by atomic mass is 10.1. The summed E-state index contributed by atoms with van der Waals surface area (Å²) in [5.74, 6) is 1.25. The van der Waals surface area contributed by atoms with Crippen LogP contribution in [0.5, 0.6) is 0 Å². The van der Waals surface area contributed by atoms with E-state index in [9.17, 15) is 4.79 Å². The molecule has 0 bridgehead atoms. The van der Waals surface area contributed by atoms with Gasteiger partial charge in [-0.1, -0.05) is 54.1 Å². The van der Waals surface area contributed by atoms with Crippen LogP contribution in [0.25, 0.3) is 0 Å². The molecule has 26 heavy (non-hydrogen) atoms. The van der Waals surface area contributed by atoms with Crippen molar-refractivity contribution in [3.63, 3.8) is 0 Å². The Morgan fingerprint density at radius 3 is 2.65 bits per heavy atom. The van der Waals surface area contributed by atoms with Gasteiger partial charge < -0.3 is 5.32 Å². The molecule has 1 amide bonds. The molecular weight excluding hydrogens is 364 g/mol. The highest BCUT2D eigenvalue weighted by Gasteiger charge is 2.12. The van der Waals surface area contributed by atoms with Crippen molar-refractivity contribution in [2.45, 2.75) is 31.7 Å². The SMILES string of the molecule is O=C(CSCc1ccccc1Cl)NCc1cccc(CN2CCCC2)c1. The third kappa shape index (κ3) is 6.04. The number of halogens is 1. The fourth-order valence-corrected chi connectivity index (χ4v) is 4.30. The van der Waals surface area contributed by atoms with Crippen LogP contribution in [0.1, 0.15) is 29.5 Å². The Labute approximate surface area is 165 Å². The molecule has 0 saturated carbocycles. The van der Waals surface area contributed by atoms with Crippen molar-refractivity contribution in [2.24, 2.45) is 0 Å². The van der Waals surface area contributed by atoms with Crippen LogP contribution in [0, 0.1) is 0 Å². The molecule has 0 radical (unpaired) electrons. The summed E-state index contributed by atoms with van der Waals surface area (Å²) in [6.45, 7) is 3.99. The predicted molar refractivity (Wildman–Crippen MR) is 110 cm³/mol. The number of benzene rings is 2. The summed E-state index contributed by atoms with van der Waals surface area (Å²) in [6, 6.07) is 16.3. The predicted octanol–water partition coefficient (Wildman–Crippen LogP) is 4.49. The lowest BCUT2D eigenvalue weighted by Gasteiger charge is -2.15. The van der Waals surface area contributed by atoms with E-state index in [1.54, 1.807) is 11.8 Å². The molecule has 0 aliphatic carbocycles. The Bertz CT molecular complexity index is 731. The Morgan fingerprint density at radius 1 is 1.08 bits per heavy atom. The maximum absolute atomic E-state index is 12.1. The van der Waals surface area contributed by atoms with Gasteiger partial charge in [0.25, 0.3) is 0 Å². The molecule has 0 spiro atoms. The summed E-state index contributed by atoms with van der Waals surface area (Å²) >= 11 is 7.72. The molecule has 2 aromatic rings. The molecule has 1 fully saturated rings. The number of rotatable bonds is 8. The van der Waals surface area contributed by atoms with Gasteiger partial charge in [0, 0.05) is 23.9 Å². The zero-order valence-corrected chi connectivity index (χ0v) is 16.5. The van der Waals surface area contributed by atoms with Crippen LogP contribution in [-0.4, -0.2) is 29.6 Å². The monoisotopic (exact) mass is 388 g/mol. The minimum absolute atomic E-state index is 0.0620. The van der Waals surface area contributed by atoms with Crippen molar-refractivity contribution in [1.29, 1.82) is 0 Å². The summed E-state index contributed by atoms with van der Waals surface area (Å²) in [5.41, 5.74) is 3.56. The molecule has 1 aliphatic heterocycles. The van der Waals surface area contributed by atoms with Gasteiger partial charge >= 0.3 is 0 Å². The molecule has 3 rings (SSSR count). The summed E-state index contributed by atoms with van der Waals surface area (Å²) < 4.78 is 0. The zero-order chi connectivity index (χ0) is 18.2. The first-order chi connectivity index (χ1) is 12.7. The second-order valence-corrected chi connectivity index (χ2v) is 8.06. The second-order valence-electron chi connectivity index (χ2n) is 6.66. The second kappa shape index (κ2) is 10.0. The Balaban J connectivity index is 1.40. The number of hydrogen-bond acceptors (Lipinski definition) is 3. The van der Waals surface area contributed by atoms with Crippen LogP contribution in [0.4, 0.5) is 0 Å². The Hall–Kier alpha value is -1.49. The average molecular weight is 389 g/mol. The van der Waals surface area contributed by atoms with Crippen LogP contribution in [-0.2, 0) is 23.6 Å². The summed E-state index contributed by atoms with van der Waals surface area (Å²) in [4.78, 5) is 14.6. The van der Waals surface area contributed by atoms with Gasteiger partial charge in [-0.05, 0) is 48.7 Å². The lowest BCUT2D eigenvalue weighted by Crippen LogP contribution is -2.24. The van der Waals surface area contributed by atoms with Gasteiger partial charge in [0.15, 0.2) is 0 Å². The van der Waals surface area contributed by atoms with E-state index in [4.69, 9.17) is 11.6 Å². The van der Waals surface area contributed by atoms with Gasteiger partial charge in [0.1, 0.15) is 0 Å². The number of carbonyl (C=O) groups excluding carboxylic acids is 1. The molecule has 5 heteroatoms. The number of nitrogens with one attached hydrogen (secondary N) is 1. The molecule has 3 nitrogen and oxygen atoms in total. The summed E-state index contributed by atoms with van der Waals surface area (Å²) in [7, 11) is 0. The van der Waals surface area contributed by atoms with Crippen molar-refractivity contribution in [1.82, 2.24) is 10.2 Å². The fraction of sp³-hybridized carbons (Fsp3) is 0.381. The fourth-order valence-electron chi connectivity index (χ4n) is 3.16. The van der Waals surface area contributed by atoms with E-state index < -0.39 is 0 Å². The molecule has 0 unspecified atom stereocenters. The molecular formula is C21H25ClN2OS.